The molecule has 0 aliphatic heterocycles. The van der Waals surface area contributed by atoms with E-state index < -0.39 is 0 Å². The zero-order valence-corrected chi connectivity index (χ0v) is 11.3. The second kappa shape index (κ2) is 4.86. The number of halogens is 1. The Kier molecular flexibility index (Phi) is 3.43. The first kappa shape index (κ1) is 12.7. The number of nitrogens with zero attached hydrogens (tertiary/aromatic N) is 1. The van der Waals surface area contributed by atoms with Crippen LogP contribution in [0.4, 0.5) is 0 Å². The number of carbonyl (C=O) groups is 1. The van der Waals surface area contributed by atoms with Crippen molar-refractivity contribution in [2.75, 3.05) is 7.11 Å². The fraction of sp³-hybridized carbons (Fsp3) is 0.214. The third-order valence-electron chi connectivity index (χ3n) is 2.88. The first-order chi connectivity index (χ1) is 8.54. The molecule has 2 aromatic rings. The quantitative estimate of drug-likeness (QED) is 0.777. The Balaban J connectivity index is 2.63. The van der Waals surface area contributed by atoms with Crippen molar-refractivity contribution >= 4 is 17.6 Å². The molecule has 0 aliphatic carbocycles. The highest BCUT2D eigenvalue weighted by Crippen LogP contribution is 2.30. The van der Waals surface area contributed by atoms with Crippen molar-refractivity contribution in [3.63, 3.8) is 0 Å². The van der Waals surface area contributed by atoms with Crippen LogP contribution in [0.5, 0.6) is 0 Å². The summed E-state index contributed by atoms with van der Waals surface area (Å²) in [5, 5.41) is 0.673. The van der Waals surface area contributed by atoms with E-state index in [1.165, 1.54) is 7.11 Å². The van der Waals surface area contributed by atoms with Gasteiger partial charge >= 0.3 is 5.97 Å². The van der Waals surface area contributed by atoms with Gasteiger partial charge in [-0.2, -0.15) is 0 Å². The summed E-state index contributed by atoms with van der Waals surface area (Å²) in [5.74, 6) is -0.337. The van der Waals surface area contributed by atoms with E-state index in [-0.39, 0.29) is 5.97 Å². The van der Waals surface area contributed by atoms with Crippen LogP contribution in [-0.4, -0.2) is 17.6 Å². The van der Waals surface area contributed by atoms with Crippen LogP contribution < -0.4 is 0 Å². The first-order valence-electron chi connectivity index (χ1n) is 5.54. The molecule has 94 valence electrons. The second-order valence-corrected chi connectivity index (χ2v) is 4.58. The maximum absolute atomic E-state index is 11.8. The van der Waals surface area contributed by atoms with E-state index >= 15 is 0 Å². The second-order valence-electron chi connectivity index (χ2n) is 4.15. The number of esters is 1. The van der Waals surface area contributed by atoms with Crippen LogP contribution in [0.2, 0.25) is 5.02 Å². The van der Waals surface area contributed by atoms with Crippen LogP contribution >= 0.6 is 11.6 Å². The highest BCUT2D eigenvalue weighted by atomic mass is 35.5. The largest absolute Gasteiger partial charge is 0.464 e. The zero-order valence-electron chi connectivity index (χ0n) is 10.5. The van der Waals surface area contributed by atoms with Crippen molar-refractivity contribution in [3.8, 4) is 11.1 Å². The predicted octanol–water partition coefficient (Wildman–Crippen LogP) is 3.44. The van der Waals surface area contributed by atoms with Gasteiger partial charge in [-0.1, -0.05) is 23.7 Å². The summed E-state index contributed by atoms with van der Waals surface area (Å²) in [7, 11) is 3.22. The molecule has 1 aromatic heterocycles. The lowest BCUT2D eigenvalue weighted by molar-refractivity contribution is 0.0591. The molecular weight excluding hydrogens is 250 g/mol. The van der Waals surface area contributed by atoms with E-state index in [1.54, 1.807) is 4.57 Å². The Hall–Kier alpha value is -1.74. The van der Waals surface area contributed by atoms with Crippen LogP contribution in [0.25, 0.3) is 11.1 Å². The minimum Gasteiger partial charge on any atom is -0.464 e. The molecule has 0 saturated carbocycles. The number of benzene rings is 1. The lowest BCUT2D eigenvalue weighted by Crippen LogP contribution is -2.08. The Morgan fingerprint density at radius 3 is 2.44 bits per heavy atom. The number of methoxy groups -OCH3 is 1. The van der Waals surface area contributed by atoms with Gasteiger partial charge in [0.1, 0.15) is 5.69 Å². The number of carbonyl (C=O) groups excluding carboxylic acids is 1. The molecule has 0 unspecified atom stereocenters. The molecule has 0 saturated heterocycles. The Morgan fingerprint density at radius 2 is 1.89 bits per heavy atom. The van der Waals surface area contributed by atoms with Crippen molar-refractivity contribution in [2.24, 2.45) is 7.05 Å². The Morgan fingerprint density at radius 1 is 1.28 bits per heavy atom. The summed E-state index contributed by atoms with van der Waals surface area (Å²) >= 11 is 5.88. The smallest absolute Gasteiger partial charge is 0.355 e. The molecule has 0 amide bonds. The summed E-state index contributed by atoms with van der Waals surface area (Å²) in [6.07, 6.45) is 1.91. The molecule has 18 heavy (non-hydrogen) atoms. The summed E-state index contributed by atoms with van der Waals surface area (Å²) < 4.78 is 6.61. The molecule has 3 nitrogen and oxygen atoms in total. The summed E-state index contributed by atoms with van der Waals surface area (Å²) in [6.45, 7) is 1.97. The highest BCUT2D eigenvalue weighted by molar-refractivity contribution is 6.30. The molecule has 1 aromatic carbocycles. The maximum atomic E-state index is 11.8. The van der Waals surface area contributed by atoms with Gasteiger partial charge in [0.05, 0.1) is 7.11 Å². The maximum Gasteiger partial charge on any atom is 0.355 e. The molecular formula is C14H14ClNO2. The van der Waals surface area contributed by atoms with Crippen LogP contribution in [0, 0.1) is 6.92 Å². The number of aryl methyl sites for hydroxylation is 2. The van der Waals surface area contributed by atoms with Crippen LogP contribution in [0.1, 0.15) is 16.1 Å². The van der Waals surface area contributed by atoms with E-state index in [2.05, 4.69) is 0 Å². The van der Waals surface area contributed by atoms with Crippen molar-refractivity contribution in [1.29, 1.82) is 0 Å². The van der Waals surface area contributed by atoms with Gasteiger partial charge in [0.15, 0.2) is 0 Å². The van der Waals surface area contributed by atoms with Gasteiger partial charge in [0.25, 0.3) is 0 Å². The van der Waals surface area contributed by atoms with Crippen molar-refractivity contribution in [3.05, 3.63) is 46.7 Å². The molecule has 0 aliphatic rings. The molecule has 0 atom stereocenters. The first-order valence-corrected chi connectivity index (χ1v) is 5.92. The molecule has 0 N–H and O–H groups in total. The molecule has 4 heteroatoms. The molecule has 0 fully saturated rings. The fourth-order valence-electron chi connectivity index (χ4n) is 2.11. The number of hydrogen-bond donors (Lipinski definition) is 0. The molecule has 2 rings (SSSR count). The zero-order chi connectivity index (χ0) is 13.3. The third kappa shape index (κ3) is 2.14. The predicted molar refractivity (Wildman–Crippen MR) is 71.9 cm³/mol. The number of ether oxygens (including phenoxy) is 1. The standard InChI is InChI=1S/C14H14ClNO2/c1-9-8-16(2)13(14(17)18-3)12(9)10-4-6-11(15)7-5-10/h4-8H,1-3H3. The Bertz CT molecular complexity index is 585. The van der Waals surface area contributed by atoms with Crippen molar-refractivity contribution < 1.29 is 9.53 Å². The lowest BCUT2D eigenvalue weighted by Gasteiger charge is -2.06. The average molecular weight is 264 g/mol. The minimum atomic E-state index is -0.337. The van der Waals surface area contributed by atoms with E-state index in [1.807, 2.05) is 44.4 Å². The van der Waals surface area contributed by atoms with Gasteiger partial charge < -0.3 is 9.30 Å². The SMILES string of the molecule is COC(=O)c1c(-c2ccc(Cl)cc2)c(C)cn1C. The van der Waals surface area contributed by atoms with Gasteiger partial charge in [-0.25, -0.2) is 4.79 Å². The van der Waals surface area contributed by atoms with Crippen LogP contribution in [-0.2, 0) is 11.8 Å². The normalized spacial score (nSPS) is 10.4. The summed E-state index contributed by atoms with van der Waals surface area (Å²) in [5.41, 5.74) is 3.43. The number of rotatable bonds is 2. The monoisotopic (exact) mass is 263 g/mol. The van der Waals surface area contributed by atoms with E-state index in [0.717, 1.165) is 16.7 Å². The van der Waals surface area contributed by atoms with Gasteiger partial charge in [0.2, 0.25) is 0 Å². The highest BCUT2D eigenvalue weighted by Gasteiger charge is 2.20. The molecule has 1 heterocycles. The van der Waals surface area contributed by atoms with E-state index in [0.29, 0.717) is 10.7 Å². The molecule has 0 radical (unpaired) electrons. The third-order valence-corrected chi connectivity index (χ3v) is 3.13. The van der Waals surface area contributed by atoms with E-state index in [4.69, 9.17) is 16.3 Å². The van der Waals surface area contributed by atoms with Crippen molar-refractivity contribution in [1.82, 2.24) is 4.57 Å². The number of hydrogen-bond acceptors (Lipinski definition) is 2. The van der Waals surface area contributed by atoms with Gasteiger partial charge in [-0.05, 0) is 30.2 Å². The summed E-state index contributed by atoms with van der Waals surface area (Å²) in [6, 6.07) is 7.42. The van der Waals surface area contributed by atoms with Crippen LogP contribution in [0.3, 0.4) is 0 Å². The van der Waals surface area contributed by atoms with E-state index in [9.17, 15) is 4.79 Å². The lowest BCUT2D eigenvalue weighted by atomic mass is 10.0. The fourth-order valence-corrected chi connectivity index (χ4v) is 2.23. The average Bonchev–Trinajstić information content (AvgIpc) is 2.64. The van der Waals surface area contributed by atoms with Gasteiger partial charge in [-0.15, -0.1) is 0 Å². The minimum absolute atomic E-state index is 0.337. The van der Waals surface area contributed by atoms with Gasteiger partial charge in [-0.3, -0.25) is 0 Å². The summed E-state index contributed by atoms with van der Waals surface area (Å²) in [4.78, 5) is 11.8. The molecule has 0 bridgehead atoms. The Labute approximate surface area is 111 Å². The number of aromatic nitrogens is 1. The topological polar surface area (TPSA) is 31.2 Å². The van der Waals surface area contributed by atoms with Gasteiger partial charge in [0, 0.05) is 23.8 Å². The van der Waals surface area contributed by atoms with Crippen molar-refractivity contribution in [2.45, 2.75) is 6.92 Å². The van der Waals surface area contributed by atoms with Crippen LogP contribution in [0.15, 0.2) is 30.5 Å². The molecule has 0 spiro atoms.